The number of rotatable bonds is 2. The topological polar surface area (TPSA) is 52.5 Å². The second-order valence-electron chi connectivity index (χ2n) is 4.83. The fourth-order valence-corrected chi connectivity index (χ4v) is 2.58. The van der Waals surface area contributed by atoms with Crippen molar-refractivity contribution >= 4 is 38.6 Å². The third-order valence-corrected chi connectivity index (χ3v) is 3.67. The molecule has 0 saturated heterocycles. The van der Waals surface area contributed by atoms with Gasteiger partial charge in [-0.3, -0.25) is 0 Å². The van der Waals surface area contributed by atoms with Crippen molar-refractivity contribution in [3.05, 3.63) is 63.9 Å². The van der Waals surface area contributed by atoms with E-state index in [1.807, 2.05) is 55.5 Å². The Balaban J connectivity index is 2.08. The van der Waals surface area contributed by atoms with Gasteiger partial charge in [-0.2, -0.15) is 5.26 Å². The molecule has 0 aliphatic carbocycles. The highest BCUT2D eigenvalue weighted by molar-refractivity contribution is 9.10. The molecule has 3 nitrogen and oxygen atoms in total. The van der Waals surface area contributed by atoms with Gasteiger partial charge in [-0.15, -0.1) is 0 Å². The molecular weight excluding hydrogens is 326 g/mol. The first kappa shape index (κ1) is 13.6. The van der Waals surface area contributed by atoms with E-state index in [0.717, 1.165) is 26.6 Å². The minimum absolute atomic E-state index is 0.516. The smallest absolute Gasteiger partial charge is 0.149 e. The minimum Gasteiger partial charge on any atom is -0.337 e. The monoisotopic (exact) mass is 337 g/mol. The summed E-state index contributed by atoms with van der Waals surface area (Å²) in [5.74, 6) is 0.595. The van der Waals surface area contributed by atoms with Gasteiger partial charge in [0.15, 0.2) is 0 Å². The van der Waals surface area contributed by atoms with Crippen LogP contribution in [-0.4, -0.2) is 9.97 Å². The van der Waals surface area contributed by atoms with Crippen molar-refractivity contribution in [2.45, 2.75) is 6.92 Å². The SMILES string of the molecule is Cc1ccc2nc(/C(C#N)=C/c3cccc(Br)c3)[nH]c2c1. The lowest BCUT2D eigenvalue weighted by molar-refractivity contribution is 1.27. The maximum absolute atomic E-state index is 9.40. The number of hydrogen-bond donors (Lipinski definition) is 1. The van der Waals surface area contributed by atoms with Gasteiger partial charge in [0.2, 0.25) is 0 Å². The second-order valence-corrected chi connectivity index (χ2v) is 5.75. The number of nitrogens with one attached hydrogen (secondary N) is 1. The third-order valence-electron chi connectivity index (χ3n) is 3.17. The quantitative estimate of drug-likeness (QED) is 0.689. The van der Waals surface area contributed by atoms with E-state index in [1.54, 1.807) is 0 Å². The molecule has 0 unspecified atom stereocenters. The fourth-order valence-electron chi connectivity index (χ4n) is 2.17. The summed E-state index contributed by atoms with van der Waals surface area (Å²) in [4.78, 5) is 7.69. The Morgan fingerprint density at radius 1 is 1.29 bits per heavy atom. The van der Waals surface area contributed by atoms with Crippen LogP contribution >= 0.6 is 15.9 Å². The van der Waals surface area contributed by atoms with E-state index in [0.29, 0.717) is 11.4 Å². The normalized spacial score (nSPS) is 11.6. The average Bonchev–Trinajstić information content (AvgIpc) is 2.87. The van der Waals surface area contributed by atoms with Crippen LogP contribution in [0.25, 0.3) is 22.7 Å². The number of hydrogen-bond acceptors (Lipinski definition) is 2. The summed E-state index contributed by atoms with van der Waals surface area (Å²) in [6.07, 6.45) is 1.83. The van der Waals surface area contributed by atoms with Crippen molar-refractivity contribution < 1.29 is 0 Å². The lowest BCUT2D eigenvalue weighted by atomic mass is 10.1. The van der Waals surface area contributed by atoms with Crippen LogP contribution in [0.2, 0.25) is 0 Å². The lowest BCUT2D eigenvalue weighted by Gasteiger charge is -1.96. The molecule has 3 aromatic rings. The number of fused-ring (bicyclic) bond motifs is 1. The molecule has 1 aromatic heterocycles. The van der Waals surface area contributed by atoms with Crippen molar-refractivity contribution in [3.63, 3.8) is 0 Å². The minimum atomic E-state index is 0.516. The van der Waals surface area contributed by atoms with Gasteiger partial charge in [0.25, 0.3) is 0 Å². The summed E-state index contributed by atoms with van der Waals surface area (Å²) < 4.78 is 0.980. The number of nitriles is 1. The molecule has 0 aliphatic heterocycles. The molecule has 0 spiro atoms. The van der Waals surface area contributed by atoms with Gasteiger partial charge in [-0.05, 0) is 48.4 Å². The predicted octanol–water partition coefficient (Wildman–Crippen LogP) is 4.70. The molecule has 2 aromatic carbocycles. The van der Waals surface area contributed by atoms with Crippen molar-refractivity contribution in [1.82, 2.24) is 9.97 Å². The zero-order chi connectivity index (χ0) is 14.8. The van der Waals surface area contributed by atoms with Crippen LogP contribution in [0.3, 0.4) is 0 Å². The number of nitrogens with zero attached hydrogens (tertiary/aromatic N) is 2. The Kier molecular flexibility index (Phi) is 3.59. The molecule has 0 fully saturated rings. The van der Waals surface area contributed by atoms with Crippen LogP contribution in [0, 0.1) is 18.3 Å². The molecular formula is C17H12BrN3. The van der Waals surface area contributed by atoms with Crippen LogP contribution in [0.5, 0.6) is 0 Å². The van der Waals surface area contributed by atoms with E-state index in [4.69, 9.17) is 0 Å². The second kappa shape index (κ2) is 5.55. The molecule has 0 saturated carbocycles. The van der Waals surface area contributed by atoms with E-state index in [9.17, 15) is 5.26 Å². The molecule has 4 heteroatoms. The van der Waals surface area contributed by atoms with Crippen molar-refractivity contribution in [3.8, 4) is 6.07 Å². The molecule has 1 heterocycles. The lowest BCUT2D eigenvalue weighted by Crippen LogP contribution is -1.85. The standard InChI is InChI=1S/C17H12BrN3/c1-11-5-6-15-16(7-11)21-17(20-15)13(10-19)8-12-3-2-4-14(18)9-12/h2-9H,1H3,(H,20,21)/b13-8+. The number of aromatic nitrogens is 2. The number of benzene rings is 2. The number of H-pyrrole nitrogens is 1. The van der Waals surface area contributed by atoms with Gasteiger partial charge in [-0.25, -0.2) is 4.98 Å². The zero-order valence-corrected chi connectivity index (χ0v) is 13.0. The fraction of sp³-hybridized carbons (Fsp3) is 0.0588. The number of halogens is 1. The molecule has 21 heavy (non-hydrogen) atoms. The van der Waals surface area contributed by atoms with Gasteiger partial charge in [-0.1, -0.05) is 34.1 Å². The van der Waals surface area contributed by atoms with Gasteiger partial charge in [0, 0.05) is 4.47 Å². The summed E-state index contributed by atoms with van der Waals surface area (Å²) in [6, 6.07) is 16.0. The summed E-state index contributed by atoms with van der Waals surface area (Å²) >= 11 is 3.43. The van der Waals surface area contributed by atoms with Gasteiger partial charge in [0.1, 0.15) is 11.9 Å². The van der Waals surface area contributed by atoms with Gasteiger partial charge >= 0.3 is 0 Å². The maximum Gasteiger partial charge on any atom is 0.149 e. The molecule has 0 radical (unpaired) electrons. The Morgan fingerprint density at radius 3 is 2.90 bits per heavy atom. The molecule has 3 rings (SSSR count). The van der Waals surface area contributed by atoms with Crippen LogP contribution in [0.4, 0.5) is 0 Å². The Bertz CT molecular complexity index is 884. The Morgan fingerprint density at radius 2 is 2.14 bits per heavy atom. The number of allylic oxidation sites excluding steroid dienone is 1. The highest BCUT2D eigenvalue weighted by atomic mass is 79.9. The third kappa shape index (κ3) is 2.88. The van der Waals surface area contributed by atoms with Crippen molar-refractivity contribution in [2.24, 2.45) is 0 Å². The average molecular weight is 338 g/mol. The van der Waals surface area contributed by atoms with Crippen LogP contribution < -0.4 is 0 Å². The van der Waals surface area contributed by atoms with Crippen LogP contribution in [0.1, 0.15) is 17.0 Å². The number of aryl methyl sites for hydroxylation is 1. The van der Waals surface area contributed by atoms with Gasteiger partial charge < -0.3 is 4.98 Å². The Hall–Kier alpha value is -2.38. The zero-order valence-electron chi connectivity index (χ0n) is 11.4. The molecule has 1 N–H and O–H groups in total. The summed E-state index contributed by atoms with van der Waals surface area (Å²) in [5, 5.41) is 9.40. The first-order chi connectivity index (χ1) is 10.2. The summed E-state index contributed by atoms with van der Waals surface area (Å²) in [7, 11) is 0. The van der Waals surface area contributed by atoms with E-state index in [2.05, 4.69) is 32.0 Å². The van der Waals surface area contributed by atoms with Gasteiger partial charge in [0.05, 0.1) is 16.6 Å². The molecule has 102 valence electrons. The van der Waals surface area contributed by atoms with Crippen LogP contribution in [0.15, 0.2) is 46.9 Å². The maximum atomic E-state index is 9.40. The summed E-state index contributed by atoms with van der Waals surface area (Å²) in [6.45, 7) is 2.03. The van der Waals surface area contributed by atoms with E-state index in [-0.39, 0.29) is 0 Å². The highest BCUT2D eigenvalue weighted by Gasteiger charge is 2.08. The van der Waals surface area contributed by atoms with E-state index < -0.39 is 0 Å². The van der Waals surface area contributed by atoms with Crippen molar-refractivity contribution in [1.29, 1.82) is 5.26 Å². The Labute approximate surface area is 131 Å². The van der Waals surface area contributed by atoms with Crippen LogP contribution in [-0.2, 0) is 0 Å². The predicted molar refractivity (Wildman–Crippen MR) is 88.5 cm³/mol. The first-order valence-electron chi connectivity index (χ1n) is 6.50. The molecule has 0 bridgehead atoms. The molecule has 0 amide bonds. The molecule has 0 aliphatic rings. The largest absolute Gasteiger partial charge is 0.337 e. The number of imidazole rings is 1. The summed E-state index contributed by atoms with van der Waals surface area (Å²) in [5.41, 5.74) is 4.44. The van der Waals surface area contributed by atoms with E-state index >= 15 is 0 Å². The van der Waals surface area contributed by atoms with Crippen molar-refractivity contribution in [2.75, 3.05) is 0 Å². The van der Waals surface area contributed by atoms with E-state index in [1.165, 1.54) is 0 Å². The highest BCUT2D eigenvalue weighted by Crippen LogP contribution is 2.21. The number of aromatic amines is 1. The first-order valence-corrected chi connectivity index (χ1v) is 7.29. The molecule has 0 atom stereocenters.